The zero-order valence-corrected chi connectivity index (χ0v) is 9.97. The van der Waals surface area contributed by atoms with E-state index in [-0.39, 0.29) is 18.6 Å². The summed E-state index contributed by atoms with van der Waals surface area (Å²) in [5, 5.41) is 20.6. The van der Waals surface area contributed by atoms with E-state index in [0.29, 0.717) is 25.1 Å². The van der Waals surface area contributed by atoms with Crippen LogP contribution in [-0.2, 0) is 4.79 Å². The van der Waals surface area contributed by atoms with Crippen molar-refractivity contribution in [3.8, 4) is 6.07 Å². The van der Waals surface area contributed by atoms with Gasteiger partial charge in [-0.1, -0.05) is 0 Å². The zero-order valence-electron chi connectivity index (χ0n) is 9.97. The van der Waals surface area contributed by atoms with Crippen LogP contribution in [-0.4, -0.2) is 36.8 Å². The number of piperazine rings is 1. The highest BCUT2D eigenvalue weighted by Gasteiger charge is 2.29. The summed E-state index contributed by atoms with van der Waals surface area (Å²) in [5.41, 5.74) is 1.50. The summed E-state index contributed by atoms with van der Waals surface area (Å²) >= 11 is 0. The van der Waals surface area contributed by atoms with Crippen LogP contribution in [0.4, 0.5) is 5.69 Å². The number of hydrogen-bond donors (Lipinski definition) is 2. The quantitative estimate of drug-likeness (QED) is 0.800. The molecule has 1 atom stereocenters. The summed E-state index contributed by atoms with van der Waals surface area (Å²) in [5.74, 6) is -0.0559. The number of carbonyl (C=O) groups excluding carboxylic acids is 1. The molecule has 1 saturated heterocycles. The molecule has 1 aromatic carbocycles. The van der Waals surface area contributed by atoms with E-state index in [1.165, 1.54) is 0 Å². The highest BCUT2D eigenvalue weighted by atomic mass is 16.3. The predicted octanol–water partition coefficient (Wildman–Crippen LogP) is 0.245. The molecule has 0 spiro atoms. The number of anilines is 1. The topological polar surface area (TPSA) is 76.4 Å². The lowest BCUT2D eigenvalue weighted by atomic mass is 10.1. The second-order valence-electron chi connectivity index (χ2n) is 4.17. The van der Waals surface area contributed by atoms with Crippen LogP contribution in [0.3, 0.4) is 0 Å². The number of amides is 1. The highest BCUT2D eigenvalue weighted by molar-refractivity contribution is 5.86. The standard InChI is InChI=1S/C13H15N3O2/c14-9-10-1-3-11(4-2-10)16-7-6-15-13(18)12(16)5-8-17/h1-4,12,17H,5-8H2,(H,15,18). The Balaban J connectivity index is 2.22. The molecule has 1 aliphatic heterocycles. The van der Waals surface area contributed by atoms with Gasteiger partial charge in [-0.15, -0.1) is 0 Å². The minimum Gasteiger partial charge on any atom is -0.396 e. The summed E-state index contributed by atoms with van der Waals surface area (Å²) in [6, 6.07) is 8.87. The number of nitrogens with zero attached hydrogens (tertiary/aromatic N) is 2. The number of aliphatic hydroxyl groups is 1. The van der Waals surface area contributed by atoms with E-state index in [1.807, 2.05) is 17.0 Å². The second kappa shape index (κ2) is 5.52. The van der Waals surface area contributed by atoms with Gasteiger partial charge in [-0.2, -0.15) is 5.26 Å². The SMILES string of the molecule is N#Cc1ccc(N2CCNC(=O)C2CCO)cc1. The molecule has 5 nitrogen and oxygen atoms in total. The summed E-state index contributed by atoms with van der Waals surface area (Å²) in [4.78, 5) is 13.7. The first kappa shape index (κ1) is 12.4. The van der Waals surface area contributed by atoms with Crippen molar-refractivity contribution < 1.29 is 9.90 Å². The van der Waals surface area contributed by atoms with E-state index in [0.717, 1.165) is 5.69 Å². The molecule has 94 valence electrons. The van der Waals surface area contributed by atoms with Crippen LogP contribution in [0.25, 0.3) is 0 Å². The Bertz CT molecular complexity index is 464. The van der Waals surface area contributed by atoms with Crippen molar-refractivity contribution in [2.75, 3.05) is 24.6 Å². The first-order chi connectivity index (χ1) is 8.76. The lowest BCUT2D eigenvalue weighted by Crippen LogP contribution is -2.55. The van der Waals surface area contributed by atoms with E-state index in [1.54, 1.807) is 12.1 Å². The van der Waals surface area contributed by atoms with Crippen molar-refractivity contribution in [3.05, 3.63) is 29.8 Å². The molecule has 0 aromatic heterocycles. The van der Waals surface area contributed by atoms with E-state index >= 15 is 0 Å². The number of nitrogens with one attached hydrogen (secondary N) is 1. The fourth-order valence-corrected chi connectivity index (χ4v) is 2.16. The van der Waals surface area contributed by atoms with Crippen LogP contribution < -0.4 is 10.2 Å². The number of carbonyl (C=O) groups is 1. The minimum atomic E-state index is -0.336. The van der Waals surface area contributed by atoms with Gasteiger partial charge in [0.25, 0.3) is 0 Å². The fourth-order valence-electron chi connectivity index (χ4n) is 2.16. The van der Waals surface area contributed by atoms with Crippen LogP contribution in [0.1, 0.15) is 12.0 Å². The number of aliphatic hydroxyl groups excluding tert-OH is 1. The Kier molecular flexibility index (Phi) is 3.80. The van der Waals surface area contributed by atoms with Gasteiger partial charge >= 0.3 is 0 Å². The Morgan fingerprint density at radius 3 is 2.78 bits per heavy atom. The van der Waals surface area contributed by atoms with E-state index < -0.39 is 0 Å². The maximum absolute atomic E-state index is 11.8. The average molecular weight is 245 g/mol. The van der Waals surface area contributed by atoms with Gasteiger partial charge in [-0.05, 0) is 30.7 Å². The van der Waals surface area contributed by atoms with Crippen LogP contribution in [0.5, 0.6) is 0 Å². The Labute approximate surface area is 106 Å². The van der Waals surface area contributed by atoms with Gasteiger partial charge in [0.05, 0.1) is 11.6 Å². The molecule has 2 N–H and O–H groups in total. The van der Waals surface area contributed by atoms with E-state index in [2.05, 4.69) is 11.4 Å². The Morgan fingerprint density at radius 2 is 2.17 bits per heavy atom. The van der Waals surface area contributed by atoms with Gasteiger partial charge in [0.1, 0.15) is 6.04 Å². The van der Waals surface area contributed by atoms with Gasteiger partial charge in [-0.25, -0.2) is 0 Å². The number of benzene rings is 1. The van der Waals surface area contributed by atoms with E-state index in [9.17, 15) is 4.79 Å². The normalized spacial score (nSPS) is 19.2. The molecule has 0 radical (unpaired) electrons. The molecule has 2 rings (SSSR count). The molecule has 0 bridgehead atoms. The molecule has 1 unspecified atom stereocenters. The Hall–Kier alpha value is -2.06. The van der Waals surface area contributed by atoms with Gasteiger partial charge in [0, 0.05) is 25.4 Å². The number of hydrogen-bond acceptors (Lipinski definition) is 4. The third-order valence-corrected chi connectivity index (χ3v) is 3.06. The minimum absolute atomic E-state index is 0.0230. The molecule has 5 heteroatoms. The number of nitriles is 1. The maximum atomic E-state index is 11.8. The number of rotatable bonds is 3. The van der Waals surface area contributed by atoms with Crippen molar-refractivity contribution >= 4 is 11.6 Å². The molecule has 1 heterocycles. The van der Waals surface area contributed by atoms with Gasteiger partial charge < -0.3 is 15.3 Å². The molecule has 1 fully saturated rings. The monoisotopic (exact) mass is 245 g/mol. The third-order valence-electron chi connectivity index (χ3n) is 3.06. The van der Waals surface area contributed by atoms with Crippen molar-refractivity contribution in [3.63, 3.8) is 0 Å². The first-order valence-corrected chi connectivity index (χ1v) is 5.91. The third kappa shape index (κ3) is 2.44. The summed E-state index contributed by atoms with van der Waals surface area (Å²) in [7, 11) is 0. The van der Waals surface area contributed by atoms with E-state index in [4.69, 9.17) is 10.4 Å². The molecular weight excluding hydrogens is 230 g/mol. The van der Waals surface area contributed by atoms with Crippen LogP contribution in [0, 0.1) is 11.3 Å². The van der Waals surface area contributed by atoms with Crippen LogP contribution in [0.2, 0.25) is 0 Å². The predicted molar refractivity (Wildman–Crippen MR) is 67.0 cm³/mol. The highest BCUT2D eigenvalue weighted by Crippen LogP contribution is 2.20. The summed E-state index contributed by atoms with van der Waals surface area (Å²) in [6.45, 7) is 1.29. The second-order valence-corrected chi connectivity index (χ2v) is 4.17. The lowest BCUT2D eigenvalue weighted by Gasteiger charge is -2.36. The lowest BCUT2D eigenvalue weighted by molar-refractivity contribution is -0.123. The first-order valence-electron chi connectivity index (χ1n) is 5.91. The molecule has 1 aromatic rings. The van der Waals surface area contributed by atoms with Crippen molar-refractivity contribution in [2.24, 2.45) is 0 Å². The smallest absolute Gasteiger partial charge is 0.242 e. The molecule has 0 saturated carbocycles. The summed E-state index contributed by atoms with van der Waals surface area (Å²) in [6.07, 6.45) is 0.409. The van der Waals surface area contributed by atoms with Crippen LogP contribution in [0.15, 0.2) is 24.3 Å². The molecule has 18 heavy (non-hydrogen) atoms. The van der Waals surface area contributed by atoms with Crippen LogP contribution >= 0.6 is 0 Å². The van der Waals surface area contributed by atoms with Crippen molar-refractivity contribution in [1.82, 2.24) is 5.32 Å². The molecular formula is C13H15N3O2. The largest absolute Gasteiger partial charge is 0.396 e. The maximum Gasteiger partial charge on any atom is 0.242 e. The van der Waals surface area contributed by atoms with Crippen molar-refractivity contribution in [1.29, 1.82) is 5.26 Å². The van der Waals surface area contributed by atoms with Gasteiger partial charge in [-0.3, -0.25) is 4.79 Å². The van der Waals surface area contributed by atoms with Gasteiger partial charge in [0.2, 0.25) is 5.91 Å². The average Bonchev–Trinajstić information content (AvgIpc) is 2.41. The zero-order chi connectivity index (χ0) is 13.0. The van der Waals surface area contributed by atoms with Crippen molar-refractivity contribution in [2.45, 2.75) is 12.5 Å². The van der Waals surface area contributed by atoms with Gasteiger partial charge in [0.15, 0.2) is 0 Å². The molecule has 0 aliphatic carbocycles. The summed E-state index contributed by atoms with van der Waals surface area (Å²) < 4.78 is 0. The molecule has 1 amide bonds. The fraction of sp³-hybridized carbons (Fsp3) is 0.385. The Morgan fingerprint density at radius 1 is 1.44 bits per heavy atom. The molecule has 1 aliphatic rings.